The van der Waals surface area contributed by atoms with Gasteiger partial charge >= 0.3 is 6.09 Å². The second kappa shape index (κ2) is 16.0. The number of nitrogens with zero attached hydrogens (tertiary/aromatic N) is 1. The van der Waals surface area contributed by atoms with E-state index in [0.29, 0.717) is 23.4 Å². The summed E-state index contributed by atoms with van der Waals surface area (Å²) in [6.45, 7) is 10.8. The minimum Gasteiger partial charge on any atom is -0.497 e. The van der Waals surface area contributed by atoms with Gasteiger partial charge < -0.3 is 30.1 Å². The lowest BCUT2D eigenvalue weighted by molar-refractivity contribution is -0.141. The van der Waals surface area contributed by atoms with Crippen LogP contribution in [0.5, 0.6) is 5.75 Å². The SMILES string of the molecule is CCCCCCCN(C(=O)C(CO)NC(=O)OC(C)(C)C)C(C(=O)Nc1ccc(OC)cc1)c1cc(C)cc(C)c1. The van der Waals surface area contributed by atoms with Crippen LogP contribution in [-0.2, 0) is 14.3 Å². The average Bonchev–Trinajstić information content (AvgIpc) is 2.89. The van der Waals surface area contributed by atoms with E-state index in [2.05, 4.69) is 17.6 Å². The highest BCUT2D eigenvalue weighted by atomic mass is 16.6. The first kappa shape index (κ1) is 33.6. The van der Waals surface area contributed by atoms with Gasteiger partial charge in [-0.25, -0.2) is 4.79 Å². The van der Waals surface area contributed by atoms with Crippen molar-refractivity contribution in [3.05, 3.63) is 59.2 Å². The molecule has 0 radical (unpaired) electrons. The van der Waals surface area contributed by atoms with E-state index in [9.17, 15) is 19.5 Å². The third-order valence-corrected chi connectivity index (χ3v) is 6.43. The molecule has 2 aromatic rings. The van der Waals surface area contributed by atoms with Crippen molar-refractivity contribution in [1.29, 1.82) is 0 Å². The molecule has 2 atom stereocenters. The van der Waals surface area contributed by atoms with Crippen molar-refractivity contribution >= 4 is 23.6 Å². The largest absolute Gasteiger partial charge is 0.497 e. The Kier molecular flexibility index (Phi) is 13.1. The summed E-state index contributed by atoms with van der Waals surface area (Å²) in [7, 11) is 1.57. The van der Waals surface area contributed by atoms with E-state index in [-0.39, 0.29) is 6.54 Å². The molecule has 0 saturated carbocycles. The number of benzene rings is 2. The van der Waals surface area contributed by atoms with Crippen molar-refractivity contribution in [1.82, 2.24) is 10.2 Å². The fourth-order valence-corrected chi connectivity index (χ4v) is 4.61. The van der Waals surface area contributed by atoms with Crippen molar-refractivity contribution in [3.63, 3.8) is 0 Å². The molecule has 0 aliphatic carbocycles. The zero-order valence-electron chi connectivity index (χ0n) is 25.6. The number of alkyl carbamates (subject to hydrolysis) is 1. The van der Waals surface area contributed by atoms with Gasteiger partial charge in [0.15, 0.2) is 0 Å². The molecule has 9 nitrogen and oxygen atoms in total. The van der Waals surface area contributed by atoms with Crippen molar-refractivity contribution in [2.45, 2.75) is 91.3 Å². The van der Waals surface area contributed by atoms with Gasteiger partial charge in [-0.1, -0.05) is 61.9 Å². The van der Waals surface area contributed by atoms with Gasteiger partial charge in [0.2, 0.25) is 5.91 Å². The van der Waals surface area contributed by atoms with Crippen LogP contribution in [0, 0.1) is 13.8 Å². The van der Waals surface area contributed by atoms with E-state index < -0.39 is 42.2 Å². The Balaban J connectivity index is 2.50. The standard InChI is InChI=1S/C32H47N3O6/c1-8-9-10-11-12-17-35(30(38)27(21-36)34-31(39)41-32(4,5)6)28(24-19-22(2)18-23(3)20-24)29(37)33-25-13-15-26(40-7)16-14-25/h13-16,18-20,27-28,36H,8-12,17,21H2,1-7H3,(H,33,37)(H,34,39). The number of carbonyl (C=O) groups excluding carboxylic acids is 3. The third kappa shape index (κ3) is 11.1. The highest BCUT2D eigenvalue weighted by Gasteiger charge is 2.36. The lowest BCUT2D eigenvalue weighted by Crippen LogP contribution is -2.54. The number of unbranched alkanes of at least 4 members (excludes halogenated alkanes) is 4. The zero-order chi connectivity index (χ0) is 30.6. The molecule has 2 rings (SSSR count). The number of hydrogen-bond acceptors (Lipinski definition) is 6. The smallest absolute Gasteiger partial charge is 0.408 e. The maximum atomic E-state index is 14.0. The first-order valence-corrected chi connectivity index (χ1v) is 14.3. The molecule has 2 unspecified atom stereocenters. The quantitative estimate of drug-likeness (QED) is 0.252. The zero-order valence-corrected chi connectivity index (χ0v) is 25.6. The number of aliphatic hydroxyl groups is 1. The molecule has 0 aromatic heterocycles. The molecule has 226 valence electrons. The van der Waals surface area contributed by atoms with Crippen LogP contribution < -0.4 is 15.4 Å². The fourth-order valence-electron chi connectivity index (χ4n) is 4.61. The number of nitrogens with one attached hydrogen (secondary N) is 2. The van der Waals surface area contributed by atoms with E-state index in [1.54, 1.807) is 52.1 Å². The molecule has 0 heterocycles. The number of carbonyl (C=O) groups is 3. The van der Waals surface area contributed by atoms with E-state index in [4.69, 9.17) is 9.47 Å². The number of rotatable bonds is 14. The Hall–Kier alpha value is -3.59. The molecule has 0 fully saturated rings. The Labute approximate surface area is 244 Å². The predicted octanol–water partition coefficient (Wildman–Crippen LogP) is 5.68. The molecule has 41 heavy (non-hydrogen) atoms. The van der Waals surface area contributed by atoms with Gasteiger partial charge in [-0.15, -0.1) is 0 Å². The predicted molar refractivity (Wildman–Crippen MR) is 161 cm³/mol. The highest BCUT2D eigenvalue weighted by molar-refractivity contribution is 5.99. The normalized spacial score (nSPS) is 12.7. The topological polar surface area (TPSA) is 117 Å². The summed E-state index contributed by atoms with van der Waals surface area (Å²) in [5, 5.41) is 15.6. The maximum Gasteiger partial charge on any atom is 0.408 e. The lowest BCUT2D eigenvalue weighted by atomic mass is 9.98. The molecule has 9 heteroatoms. The summed E-state index contributed by atoms with van der Waals surface area (Å²) in [4.78, 5) is 42.0. The van der Waals surface area contributed by atoms with Gasteiger partial charge in [-0.05, 0) is 70.9 Å². The van der Waals surface area contributed by atoms with Crippen molar-refractivity contribution in [2.75, 3.05) is 25.6 Å². The van der Waals surface area contributed by atoms with Crippen LogP contribution in [0.2, 0.25) is 0 Å². The van der Waals surface area contributed by atoms with Crippen LogP contribution >= 0.6 is 0 Å². The minimum atomic E-state index is -1.29. The fraction of sp³-hybridized carbons (Fsp3) is 0.531. The van der Waals surface area contributed by atoms with Crippen LogP contribution in [0.1, 0.15) is 82.5 Å². The maximum absolute atomic E-state index is 14.0. The van der Waals surface area contributed by atoms with Crippen molar-refractivity contribution in [2.24, 2.45) is 0 Å². The molecular formula is C32H47N3O6. The number of anilines is 1. The van der Waals surface area contributed by atoms with Gasteiger partial charge in [0.1, 0.15) is 23.4 Å². The first-order chi connectivity index (χ1) is 19.4. The van der Waals surface area contributed by atoms with Crippen molar-refractivity contribution < 1.29 is 29.0 Å². The van der Waals surface area contributed by atoms with E-state index >= 15 is 0 Å². The van der Waals surface area contributed by atoms with Crippen LogP contribution in [0.25, 0.3) is 0 Å². The Bertz CT molecular complexity index is 1120. The molecule has 0 bridgehead atoms. The lowest BCUT2D eigenvalue weighted by Gasteiger charge is -2.34. The molecule has 3 amide bonds. The van der Waals surface area contributed by atoms with Gasteiger partial charge in [0.25, 0.3) is 5.91 Å². The van der Waals surface area contributed by atoms with E-state index in [0.717, 1.165) is 36.8 Å². The molecule has 0 aliphatic heterocycles. The van der Waals surface area contributed by atoms with E-state index in [1.807, 2.05) is 32.0 Å². The van der Waals surface area contributed by atoms with Crippen molar-refractivity contribution in [3.8, 4) is 5.75 Å². The summed E-state index contributed by atoms with van der Waals surface area (Å²) in [5.41, 5.74) is 2.30. The number of aryl methyl sites for hydroxylation is 2. The number of aliphatic hydroxyl groups excluding tert-OH is 1. The molecular weight excluding hydrogens is 522 g/mol. The van der Waals surface area contributed by atoms with Gasteiger partial charge in [0.05, 0.1) is 13.7 Å². The number of hydrogen-bond donors (Lipinski definition) is 3. The molecule has 0 spiro atoms. The number of ether oxygens (including phenoxy) is 2. The van der Waals surface area contributed by atoms with Crippen LogP contribution in [0.3, 0.4) is 0 Å². The monoisotopic (exact) mass is 569 g/mol. The molecule has 0 aliphatic rings. The van der Waals surface area contributed by atoms with Gasteiger partial charge in [-0.2, -0.15) is 0 Å². The minimum absolute atomic E-state index is 0.267. The number of methoxy groups -OCH3 is 1. The number of amides is 3. The van der Waals surface area contributed by atoms with Gasteiger partial charge in [-0.3, -0.25) is 9.59 Å². The van der Waals surface area contributed by atoms with Crippen LogP contribution in [-0.4, -0.2) is 59.8 Å². The Morgan fingerprint density at radius 1 is 0.951 bits per heavy atom. The average molecular weight is 570 g/mol. The molecule has 0 saturated heterocycles. The Morgan fingerprint density at radius 3 is 2.10 bits per heavy atom. The molecule has 2 aromatic carbocycles. The van der Waals surface area contributed by atoms with Crippen LogP contribution in [0.15, 0.2) is 42.5 Å². The summed E-state index contributed by atoms with van der Waals surface area (Å²) in [6, 6.07) is 10.4. The molecule has 3 N–H and O–H groups in total. The van der Waals surface area contributed by atoms with Gasteiger partial charge in [0, 0.05) is 12.2 Å². The summed E-state index contributed by atoms with van der Waals surface area (Å²) in [5.74, 6) is -0.323. The third-order valence-electron chi connectivity index (χ3n) is 6.43. The second-order valence-electron chi connectivity index (χ2n) is 11.4. The summed E-state index contributed by atoms with van der Waals surface area (Å²) in [6.07, 6.45) is 3.87. The second-order valence-corrected chi connectivity index (χ2v) is 11.4. The van der Waals surface area contributed by atoms with E-state index in [1.165, 1.54) is 4.90 Å². The highest BCUT2D eigenvalue weighted by Crippen LogP contribution is 2.27. The van der Waals surface area contributed by atoms with Crippen LogP contribution in [0.4, 0.5) is 10.5 Å². The first-order valence-electron chi connectivity index (χ1n) is 14.3. The summed E-state index contributed by atoms with van der Waals surface area (Å²) < 4.78 is 10.6. The Morgan fingerprint density at radius 2 is 1.56 bits per heavy atom. The summed E-state index contributed by atoms with van der Waals surface area (Å²) >= 11 is 0.